The van der Waals surface area contributed by atoms with E-state index >= 15 is 0 Å². The maximum Gasteiger partial charge on any atom is 0.136 e. The van der Waals surface area contributed by atoms with Crippen molar-refractivity contribution in [3.63, 3.8) is 0 Å². The van der Waals surface area contributed by atoms with Crippen molar-refractivity contribution < 1.29 is 4.42 Å². The topological polar surface area (TPSA) is 38.9 Å². The summed E-state index contributed by atoms with van der Waals surface area (Å²) in [6.45, 7) is 0. The molecule has 0 radical (unpaired) electrons. The lowest BCUT2D eigenvalue weighted by atomic mass is 9.93. The molecule has 4 aromatic carbocycles. The second-order valence-corrected chi connectivity index (χ2v) is 11.7. The van der Waals surface area contributed by atoms with Crippen molar-refractivity contribution in [3.05, 3.63) is 108 Å². The molecule has 0 atom stereocenters. The Kier molecular flexibility index (Phi) is 4.36. The van der Waals surface area contributed by atoms with E-state index < -0.39 is 0 Å². The fraction of sp³-hybridized carbons (Fsp3) is 0. The zero-order valence-corrected chi connectivity index (χ0v) is 22.1. The van der Waals surface area contributed by atoms with Gasteiger partial charge in [-0.25, -0.2) is 0 Å². The molecule has 0 aliphatic carbocycles. The van der Waals surface area contributed by atoms with Crippen molar-refractivity contribution in [1.82, 2.24) is 9.97 Å². The van der Waals surface area contributed by atoms with Gasteiger partial charge in [-0.3, -0.25) is 9.97 Å². The van der Waals surface area contributed by atoms with Crippen LogP contribution in [-0.2, 0) is 0 Å². The predicted molar refractivity (Wildman–Crippen MR) is 166 cm³/mol. The van der Waals surface area contributed by atoms with E-state index in [-0.39, 0.29) is 0 Å². The third-order valence-electron chi connectivity index (χ3n) is 7.82. The Morgan fingerprint density at radius 2 is 0.974 bits per heavy atom. The Morgan fingerprint density at radius 1 is 0.487 bits per heavy atom. The first-order chi connectivity index (χ1) is 19.3. The van der Waals surface area contributed by atoms with Crippen LogP contribution < -0.4 is 0 Å². The number of hydrogen-bond donors (Lipinski definition) is 0. The van der Waals surface area contributed by atoms with E-state index in [0.717, 1.165) is 54.6 Å². The molecule has 9 rings (SSSR count). The second kappa shape index (κ2) is 7.96. The summed E-state index contributed by atoms with van der Waals surface area (Å²) >= 11 is 3.55. The first-order valence-electron chi connectivity index (χ1n) is 12.8. The molecule has 0 unspecified atom stereocenters. The fourth-order valence-corrected chi connectivity index (χ4v) is 8.02. The highest BCUT2D eigenvalue weighted by atomic mass is 32.1. The van der Waals surface area contributed by atoms with E-state index in [1.54, 1.807) is 22.7 Å². The smallest absolute Gasteiger partial charge is 0.136 e. The van der Waals surface area contributed by atoms with Crippen LogP contribution in [0.4, 0.5) is 0 Å². The third-order valence-corrected chi connectivity index (χ3v) is 9.74. The first kappa shape index (κ1) is 21.4. The van der Waals surface area contributed by atoms with Gasteiger partial charge in [0.2, 0.25) is 0 Å². The molecule has 0 aliphatic rings. The van der Waals surface area contributed by atoms with Crippen molar-refractivity contribution in [2.24, 2.45) is 0 Å². The largest absolute Gasteiger partial charge is 0.456 e. The van der Waals surface area contributed by atoms with E-state index in [0.29, 0.717) is 0 Å². The fourth-order valence-electron chi connectivity index (χ4n) is 6.10. The zero-order chi connectivity index (χ0) is 25.5. The molecule has 0 saturated carbocycles. The predicted octanol–water partition coefficient (Wildman–Crippen LogP) is 10.4. The van der Waals surface area contributed by atoms with E-state index in [4.69, 9.17) is 4.42 Å². The molecule has 0 spiro atoms. The quantitative estimate of drug-likeness (QED) is 0.221. The highest BCUT2D eigenvalue weighted by Gasteiger charge is 2.21. The number of nitrogens with zero attached hydrogens (tertiary/aromatic N) is 2. The van der Waals surface area contributed by atoms with Crippen LogP contribution in [0.25, 0.3) is 85.9 Å². The Labute approximate surface area is 230 Å². The molecule has 5 aromatic heterocycles. The molecule has 0 amide bonds. The van der Waals surface area contributed by atoms with E-state index in [2.05, 4.69) is 93.5 Å². The maximum absolute atomic E-state index is 6.74. The summed E-state index contributed by atoms with van der Waals surface area (Å²) in [7, 11) is 0. The molecule has 0 bridgehead atoms. The molecule has 0 aliphatic heterocycles. The minimum atomic E-state index is 0.888. The van der Waals surface area contributed by atoms with Gasteiger partial charge in [-0.05, 0) is 69.1 Å². The number of thiophene rings is 2. The Balaban J connectivity index is 1.43. The van der Waals surface area contributed by atoms with Crippen LogP contribution in [0.1, 0.15) is 0 Å². The Hall–Kier alpha value is -4.58. The normalized spacial score (nSPS) is 12.1. The highest BCUT2D eigenvalue weighted by Crippen LogP contribution is 2.47. The average Bonchev–Trinajstić information content (AvgIpc) is 3.71. The summed E-state index contributed by atoms with van der Waals surface area (Å²) < 4.78 is 9.29. The number of fused-ring (bicyclic) bond motifs is 9. The van der Waals surface area contributed by atoms with Gasteiger partial charge in [0.25, 0.3) is 0 Å². The van der Waals surface area contributed by atoms with Gasteiger partial charge >= 0.3 is 0 Å². The van der Waals surface area contributed by atoms with Crippen LogP contribution in [0.15, 0.2) is 113 Å². The SMILES string of the molecule is c1ccc2c(-c3cc4oc5cc(-c6csc7ccccc67)c6cnccc6c5c4c4ccncc34)csc2c1. The van der Waals surface area contributed by atoms with Crippen LogP contribution in [0.3, 0.4) is 0 Å². The van der Waals surface area contributed by atoms with Crippen molar-refractivity contribution in [1.29, 1.82) is 0 Å². The minimum Gasteiger partial charge on any atom is -0.456 e. The standard InChI is InChI=1S/C34H18N2OS2/c1-3-7-31-19(5-1)27(17-38-31)23-13-29-33(21-9-11-35-15-25(21)23)34-22-10-12-36-16-26(22)24(14-30(34)37-29)28-18-39-32-8-4-2-6-20(28)32/h1-18H. The molecule has 5 heterocycles. The number of aromatic nitrogens is 2. The molecule has 5 heteroatoms. The van der Waals surface area contributed by atoms with Crippen molar-refractivity contribution >= 4 is 86.3 Å². The zero-order valence-electron chi connectivity index (χ0n) is 20.5. The average molecular weight is 535 g/mol. The maximum atomic E-state index is 6.74. The lowest BCUT2D eigenvalue weighted by Crippen LogP contribution is -1.85. The summed E-state index contributed by atoms with van der Waals surface area (Å²) in [6, 6.07) is 25.8. The molecule has 0 saturated heterocycles. The second-order valence-electron chi connectivity index (χ2n) is 9.83. The van der Waals surface area contributed by atoms with Crippen LogP contribution >= 0.6 is 22.7 Å². The third kappa shape index (κ3) is 2.97. The van der Waals surface area contributed by atoms with Crippen LogP contribution in [0.2, 0.25) is 0 Å². The molecule has 9 aromatic rings. The van der Waals surface area contributed by atoms with Gasteiger partial charge < -0.3 is 4.42 Å². The molecule has 182 valence electrons. The van der Waals surface area contributed by atoms with Gasteiger partial charge in [-0.1, -0.05) is 36.4 Å². The Morgan fingerprint density at radius 3 is 1.49 bits per heavy atom. The number of pyridine rings is 2. The van der Waals surface area contributed by atoms with Gasteiger partial charge in [0.15, 0.2) is 0 Å². The number of rotatable bonds is 2. The monoisotopic (exact) mass is 534 g/mol. The lowest BCUT2D eigenvalue weighted by Gasteiger charge is -2.09. The molecule has 39 heavy (non-hydrogen) atoms. The summed E-state index contributed by atoms with van der Waals surface area (Å²) in [5.74, 6) is 0. The van der Waals surface area contributed by atoms with E-state index in [1.807, 2.05) is 24.8 Å². The van der Waals surface area contributed by atoms with Gasteiger partial charge in [0.1, 0.15) is 11.2 Å². The highest BCUT2D eigenvalue weighted by molar-refractivity contribution is 7.18. The van der Waals surface area contributed by atoms with E-state index in [1.165, 1.54) is 31.3 Å². The van der Waals surface area contributed by atoms with Gasteiger partial charge in [-0.15, -0.1) is 22.7 Å². The molecular weight excluding hydrogens is 517 g/mol. The summed E-state index contributed by atoms with van der Waals surface area (Å²) in [4.78, 5) is 9.08. The summed E-state index contributed by atoms with van der Waals surface area (Å²) in [5.41, 5.74) is 6.51. The molecule has 0 fully saturated rings. The molecular formula is C34H18N2OS2. The van der Waals surface area contributed by atoms with Crippen molar-refractivity contribution in [3.8, 4) is 22.3 Å². The van der Waals surface area contributed by atoms with Gasteiger partial charge in [-0.2, -0.15) is 0 Å². The van der Waals surface area contributed by atoms with Crippen molar-refractivity contribution in [2.75, 3.05) is 0 Å². The Bertz CT molecular complexity index is 2240. The number of hydrogen-bond acceptors (Lipinski definition) is 5. The number of furan rings is 1. The summed E-state index contributed by atoms with van der Waals surface area (Å²) in [6.07, 6.45) is 7.74. The van der Waals surface area contributed by atoms with Gasteiger partial charge in [0, 0.05) is 77.6 Å². The molecule has 3 nitrogen and oxygen atoms in total. The first-order valence-corrected chi connectivity index (χ1v) is 14.5. The van der Waals surface area contributed by atoms with Crippen LogP contribution in [-0.4, -0.2) is 9.97 Å². The summed E-state index contributed by atoms with van der Waals surface area (Å²) in [5, 5.41) is 13.8. The number of benzene rings is 4. The van der Waals surface area contributed by atoms with Crippen LogP contribution in [0.5, 0.6) is 0 Å². The van der Waals surface area contributed by atoms with Crippen LogP contribution in [0, 0.1) is 0 Å². The molecule has 0 N–H and O–H groups in total. The van der Waals surface area contributed by atoms with E-state index in [9.17, 15) is 0 Å². The lowest BCUT2D eigenvalue weighted by molar-refractivity contribution is 0.670. The van der Waals surface area contributed by atoms with Crippen molar-refractivity contribution in [2.45, 2.75) is 0 Å². The minimum absolute atomic E-state index is 0.888. The van der Waals surface area contributed by atoms with Gasteiger partial charge in [0.05, 0.1) is 0 Å².